The number of hydrogen-bond donors (Lipinski definition) is 1. The average Bonchev–Trinajstić information content (AvgIpc) is 2.57. The first-order valence-corrected chi connectivity index (χ1v) is 8.95. The average molecular weight is 461 g/mol. The van der Waals surface area contributed by atoms with E-state index in [9.17, 15) is 0 Å². The summed E-state index contributed by atoms with van der Waals surface area (Å²) in [6.45, 7) is 9.66. The van der Waals surface area contributed by atoms with Gasteiger partial charge in [-0.3, -0.25) is 4.99 Å². The quantitative estimate of drug-likeness (QED) is 0.399. The fraction of sp³-hybridized carbons (Fsp3) is 0.632. The predicted octanol–water partition coefficient (Wildman–Crippen LogP) is 3.67. The minimum atomic E-state index is 0. The molecule has 0 spiro atoms. The number of nitrogens with zero attached hydrogens (tertiary/aromatic N) is 2. The first-order chi connectivity index (χ1) is 11.6. The maximum absolute atomic E-state index is 5.76. The molecule has 1 aliphatic heterocycles. The van der Waals surface area contributed by atoms with E-state index in [1.165, 1.54) is 5.56 Å². The highest BCUT2D eigenvalue weighted by molar-refractivity contribution is 14.0. The fourth-order valence-electron chi connectivity index (χ4n) is 2.98. The molecule has 0 aliphatic carbocycles. The van der Waals surface area contributed by atoms with Gasteiger partial charge in [0.25, 0.3) is 0 Å². The van der Waals surface area contributed by atoms with Crippen LogP contribution in [0.1, 0.15) is 39.2 Å². The third kappa shape index (κ3) is 7.40. The van der Waals surface area contributed by atoms with E-state index >= 15 is 0 Å². The zero-order chi connectivity index (χ0) is 17.4. The standard InChI is InChI=1S/C19H31N3O2.HI/c1-5-23-17-9-11-22(12-10-17)19(20-4)21-14-16-7-6-8-18(13-16)24-15(2)3;/h6-8,13,15,17H,5,9-12,14H2,1-4H3,(H,20,21);1H. The normalized spacial score (nSPS) is 15.9. The molecule has 0 saturated carbocycles. The minimum Gasteiger partial charge on any atom is -0.491 e. The molecule has 0 bridgehead atoms. The number of benzene rings is 1. The molecule has 1 heterocycles. The molecule has 1 aromatic rings. The van der Waals surface area contributed by atoms with E-state index in [2.05, 4.69) is 34.3 Å². The Morgan fingerprint density at radius 2 is 2.04 bits per heavy atom. The monoisotopic (exact) mass is 461 g/mol. The Balaban J connectivity index is 0.00000312. The van der Waals surface area contributed by atoms with E-state index in [4.69, 9.17) is 9.47 Å². The Morgan fingerprint density at radius 1 is 1.32 bits per heavy atom. The first-order valence-electron chi connectivity index (χ1n) is 8.95. The Labute approximate surface area is 169 Å². The first kappa shape index (κ1) is 22.0. The highest BCUT2D eigenvalue weighted by Gasteiger charge is 2.21. The van der Waals surface area contributed by atoms with Gasteiger partial charge in [0.1, 0.15) is 5.75 Å². The minimum absolute atomic E-state index is 0. The third-order valence-electron chi connectivity index (χ3n) is 4.08. The van der Waals surface area contributed by atoms with Crippen LogP contribution in [0.15, 0.2) is 29.3 Å². The van der Waals surface area contributed by atoms with Gasteiger partial charge in [-0.1, -0.05) is 12.1 Å². The number of likely N-dealkylation sites (tertiary alicyclic amines) is 1. The number of ether oxygens (including phenoxy) is 2. The maximum atomic E-state index is 5.76. The lowest BCUT2D eigenvalue weighted by Gasteiger charge is -2.34. The topological polar surface area (TPSA) is 46.1 Å². The predicted molar refractivity (Wildman–Crippen MR) is 114 cm³/mol. The van der Waals surface area contributed by atoms with E-state index in [-0.39, 0.29) is 30.1 Å². The summed E-state index contributed by atoms with van der Waals surface area (Å²) in [4.78, 5) is 6.74. The Morgan fingerprint density at radius 3 is 2.64 bits per heavy atom. The number of guanidine groups is 1. The lowest BCUT2D eigenvalue weighted by molar-refractivity contribution is 0.0263. The molecule has 0 unspecified atom stereocenters. The van der Waals surface area contributed by atoms with Crippen LogP contribution < -0.4 is 10.1 Å². The molecule has 0 amide bonds. The van der Waals surface area contributed by atoms with Crippen LogP contribution in [-0.2, 0) is 11.3 Å². The SMILES string of the molecule is CCOC1CCN(C(=NC)NCc2cccc(OC(C)C)c2)CC1.I. The van der Waals surface area contributed by atoms with E-state index < -0.39 is 0 Å². The molecule has 1 aliphatic rings. The van der Waals surface area contributed by atoms with E-state index in [1.54, 1.807) is 0 Å². The molecule has 1 N–H and O–H groups in total. The molecule has 0 radical (unpaired) electrons. The van der Waals surface area contributed by atoms with Gasteiger partial charge in [-0.15, -0.1) is 24.0 Å². The molecular formula is C19H32IN3O2. The number of halogens is 1. The summed E-state index contributed by atoms with van der Waals surface area (Å²) in [6, 6.07) is 8.22. The smallest absolute Gasteiger partial charge is 0.193 e. The van der Waals surface area contributed by atoms with Gasteiger partial charge in [-0.2, -0.15) is 0 Å². The summed E-state index contributed by atoms with van der Waals surface area (Å²) in [7, 11) is 1.84. The molecule has 0 atom stereocenters. The van der Waals surface area contributed by atoms with Crippen LogP contribution in [0.2, 0.25) is 0 Å². The molecular weight excluding hydrogens is 429 g/mol. The number of nitrogens with one attached hydrogen (secondary N) is 1. The van der Waals surface area contributed by atoms with Crippen LogP contribution in [0, 0.1) is 0 Å². The zero-order valence-electron chi connectivity index (χ0n) is 15.8. The van der Waals surface area contributed by atoms with Gasteiger partial charge >= 0.3 is 0 Å². The summed E-state index contributed by atoms with van der Waals surface area (Å²) in [5.74, 6) is 1.87. The van der Waals surface area contributed by atoms with Gasteiger partial charge in [0.05, 0.1) is 12.2 Å². The maximum Gasteiger partial charge on any atom is 0.193 e. The Bertz CT molecular complexity index is 529. The highest BCUT2D eigenvalue weighted by atomic mass is 127. The van der Waals surface area contributed by atoms with Crippen molar-refractivity contribution < 1.29 is 9.47 Å². The van der Waals surface area contributed by atoms with E-state index in [0.717, 1.165) is 50.8 Å². The number of aliphatic imine (C=N–C) groups is 1. The summed E-state index contributed by atoms with van der Waals surface area (Å²) in [6.07, 6.45) is 2.71. The molecule has 5 nitrogen and oxygen atoms in total. The van der Waals surface area contributed by atoms with Crippen molar-refractivity contribution in [3.05, 3.63) is 29.8 Å². The molecule has 0 aromatic heterocycles. The van der Waals surface area contributed by atoms with Crippen LogP contribution in [0.25, 0.3) is 0 Å². The molecule has 1 aromatic carbocycles. The van der Waals surface area contributed by atoms with Crippen molar-refractivity contribution in [2.45, 2.75) is 52.4 Å². The Hall–Kier alpha value is -1.02. The van der Waals surface area contributed by atoms with Crippen LogP contribution in [0.5, 0.6) is 5.75 Å². The van der Waals surface area contributed by atoms with Crippen molar-refractivity contribution in [2.75, 3.05) is 26.7 Å². The number of hydrogen-bond acceptors (Lipinski definition) is 3. The van der Waals surface area contributed by atoms with Crippen LogP contribution >= 0.6 is 24.0 Å². The molecule has 1 saturated heterocycles. The lowest BCUT2D eigenvalue weighted by atomic mass is 10.1. The van der Waals surface area contributed by atoms with Crippen molar-refractivity contribution in [1.29, 1.82) is 0 Å². The zero-order valence-corrected chi connectivity index (χ0v) is 18.2. The van der Waals surface area contributed by atoms with Crippen LogP contribution in [-0.4, -0.2) is 49.8 Å². The second-order valence-electron chi connectivity index (χ2n) is 6.36. The molecule has 142 valence electrons. The molecule has 6 heteroatoms. The second kappa shape index (κ2) is 11.6. The number of piperidine rings is 1. The van der Waals surface area contributed by atoms with Gasteiger partial charge in [0.15, 0.2) is 5.96 Å². The van der Waals surface area contributed by atoms with Crippen molar-refractivity contribution in [1.82, 2.24) is 10.2 Å². The van der Waals surface area contributed by atoms with E-state index in [1.807, 2.05) is 33.0 Å². The molecule has 25 heavy (non-hydrogen) atoms. The van der Waals surface area contributed by atoms with Crippen molar-refractivity contribution >= 4 is 29.9 Å². The largest absolute Gasteiger partial charge is 0.491 e. The van der Waals surface area contributed by atoms with Gasteiger partial charge in [0.2, 0.25) is 0 Å². The second-order valence-corrected chi connectivity index (χ2v) is 6.36. The summed E-state index contributed by atoms with van der Waals surface area (Å²) in [5.41, 5.74) is 1.19. The van der Waals surface area contributed by atoms with E-state index in [0.29, 0.717) is 6.10 Å². The number of rotatable bonds is 6. The summed E-state index contributed by atoms with van der Waals surface area (Å²) in [5, 5.41) is 3.46. The van der Waals surface area contributed by atoms with Crippen molar-refractivity contribution in [3.63, 3.8) is 0 Å². The molecule has 2 rings (SSSR count). The third-order valence-corrected chi connectivity index (χ3v) is 4.08. The van der Waals surface area contributed by atoms with Crippen LogP contribution in [0.3, 0.4) is 0 Å². The lowest BCUT2D eigenvalue weighted by Crippen LogP contribution is -2.46. The summed E-state index contributed by atoms with van der Waals surface area (Å²) < 4.78 is 11.5. The van der Waals surface area contributed by atoms with Crippen LogP contribution in [0.4, 0.5) is 0 Å². The summed E-state index contributed by atoms with van der Waals surface area (Å²) >= 11 is 0. The van der Waals surface area contributed by atoms with Gasteiger partial charge < -0.3 is 19.7 Å². The van der Waals surface area contributed by atoms with Gasteiger partial charge in [-0.25, -0.2) is 0 Å². The van der Waals surface area contributed by atoms with Crippen molar-refractivity contribution in [3.8, 4) is 5.75 Å². The Kier molecular flexibility index (Phi) is 10.2. The highest BCUT2D eigenvalue weighted by Crippen LogP contribution is 2.16. The van der Waals surface area contributed by atoms with Crippen molar-refractivity contribution in [2.24, 2.45) is 4.99 Å². The fourth-order valence-corrected chi connectivity index (χ4v) is 2.98. The van der Waals surface area contributed by atoms with Gasteiger partial charge in [-0.05, 0) is 51.3 Å². The van der Waals surface area contributed by atoms with Gasteiger partial charge in [0, 0.05) is 33.3 Å². The molecule has 1 fully saturated rings.